The Kier molecular flexibility index (Phi) is 3.38. The number of H-pyrrole nitrogens is 1. The van der Waals surface area contributed by atoms with Gasteiger partial charge in [-0.25, -0.2) is 0 Å². The molecule has 0 radical (unpaired) electrons. The smallest absolute Gasteiger partial charge is 0.244 e. The van der Waals surface area contributed by atoms with Crippen LogP contribution in [0, 0.1) is 0 Å². The van der Waals surface area contributed by atoms with E-state index in [0.29, 0.717) is 6.04 Å². The lowest BCUT2D eigenvalue weighted by atomic mass is 9.90. The monoisotopic (exact) mass is 237 g/mol. The van der Waals surface area contributed by atoms with Crippen molar-refractivity contribution in [3.63, 3.8) is 0 Å². The van der Waals surface area contributed by atoms with E-state index in [2.05, 4.69) is 53.1 Å². The van der Waals surface area contributed by atoms with E-state index >= 15 is 0 Å². The van der Waals surface area contributed by atoms with Crippen LogP contribution in [-0.2, 0) is 5.41 Å². The molecule has 0 unspecified atom stereocenters. The molecule has 1 aliphatic heterocycles. The van der Waals surface area contributed by atoms with E-state index in [4.69, 9.17) is 0 Å². The fraction of sp³-hybridized carbons (Fsp3) is 0.833. The Labute approximate surface area is 103 Å². The Hall–Kier alpha value is -1.10. The molecule has 0 spiro atoms. The first-order valence-electron chi connectivity index (χ1n) is 6.44. The van der Waals surface area contributed by atoms with E-state index in [1.165, 1.54) is 0 Å². The Morgan fingerprint density at radius 2 is 2.24 bits per heavy atom. The van der Waals surface area contributed by atoms with Gasteiger partial charge >= 0.3 is 0 Å². The number of aromatic amines is 1. The lowest BCUT2D eigenvalue weighted by Crippen LogP contribution is -2.49. The van der Waals surface area contributed by atoms with Gasteiger partial charge in [-0.2, -0.15) is 4.98 Å². The second-order valence-electron chi connectivity index (χ2n) is 5.52. The van der Waals surface area contributed by atoms with Gasteiger partial charge in [-0.15, -0.1) is 5.10 Å². The maximum Gasteiger partial charge on any atom is 0.244 e. The van der Waals surface area contributed by atoms with Crippen molar-refractivity contribution in [2.75, 3.05) is 24.5 Å². The highest BCUT2D eigenvalue weighted by molar-refractivity contribution is 5.31. The molecule has 0 saturated carbocycles. The second kappa shape index (κ2) is 4.64. The zero-order valence-corrected chi connectivity index (χ0v) is 11.2. The summed E-state index contributed by atoms with van der Waals surface area (Å²) in [5.74, 6) is 1.83. The highest BCUT2D eigenvalue weighted by atomic mass is 15.4. The standard InChI is InChI=1S/C12H23N5/c1-5-12(3,4)10-14-11(16-15-10)17-7-6-13-9(2)8-17/h9,13H,5-8H2,1-4H3,(H,14,15,16)/t9-/m1/s1. The van der Waals surface area contributed by atoms with E-state index in [0.717, 1.165) is 37.8 Å². The SMILES string of the molecule is CCC(C)(C)c1nc(N2CCN[C@H](C)C2)n[nH]1. The maximum atomic E-state index is 4.64. The Bertz CT molecular complexity index is 371. The fourth-order valence-electron chi connectivity index (χ4n) is 1.98. The first kappa shape index (κ1) is 12.4. The molecule has 17 heavy (non-hydrogen) atoms. The summed E-state index contributed by atoms with van der Waals surface area (Å²) in [5.41, 5.74) is 0.0743. The number of hydrogen-bond donors (Lipinski definition) is 2. The minimum atomic E-state index is 0.0743. The minimum absolute atomic E-state index is 0.0743. The third-order valence-electron chi connectivity index (χ3n) is 3.65. The normalized spacial score (nSPS) is 21.9. The molecule has 2 heterocycles. The Morgan fingerprint density at radius 3 is 2.88 bits per heavy atom. The third kappa shape index (κ3) is 2.60. The summed E-state index contributed by atoms with van der Waals surface area (Å²) in [6, 6.07) is 0.505. The largest absolute Gasteiger partial charge is 0.337 e. The van der Waals surface area contributed by atoms with Gasteiger partial charge in [-0.3, -0.25) is 5.10 Å². The van der Waals surface area contributed by atoms with Crippen molar-refractivity contribution >= 4 is 5.95 Å². The molecule has 5 heteroatoms. The van der Waals surface area contributed by atoms with Crippen molar-refractivity contribution in [3.05, 3.63) is 5.82 Å². The molecule has 1 fully saturated rings. The van der Waals surface area contributed by atoms with Gasteiger partial charge in [0, 0.05) is 31.1 Å². The van der Waals surface area contributed by atoms with Gasteiger partial charge in [0.1, 0.15) is 5.82 Å². The molecule has 96 valence electrons. The average Bonchev–Trinajstić information content (AvgIpc) is 2.79. The second-order valence-corrected chi connectivity index (χ2v) is 5.52. The summed E-state index contributed by atoms with van der Waals surface area (Å²) in [5, 5.41) is 10.9. The Morgan fingerprint density at radius 1 is 1.47 bits per heavy atom. The van der Waals surface area contributed by atoms with Gasteiger partial charge in [0.2, 0.25) is 5.95 Å². The van der Waals surface area contributed by atoms with Crippen LogP contribution in [-0.4, -0.2) is 40.9 Å². The summed E-state index contributed by atoms with van der Waals surface area (Å²) < 4.78 is 0. The third-order valence-corrected chi connectivity index (χ3v) is 3.65. The van der Waals surface area contributed by atoms with Gasteiger partial charge in [-0.05, 0) is 13.3 Å². The van der Waals surface area contributed by atoms with Gasteiger partial charge < -0.3 is 10.2 Å². The van der Waals surface area contributed by atoms with Gasteiger partial charge in [-0.1, -0.05) is 20.8 Å². The van der Waals surface area contributed by atoms with E-state index in [1.807, 2.05) is 0 Å². The van der Waals surface area contributed by atoms with Crippen LogP contribution in [0.2, 0.25) is 0 Å². The predicted octanol–water partition coefficient (Wildman–Crippen LogP) is 1.29. The maximum absolute atomic E-state index is 4.64. The van der Waals surface area contributed by atoms with Gasteiger partial charge in [0.05, 0.1) is 0 Å². The highest BCUT2D eigenvalue weighted by Crippen LogP contribution is 2.24. The van der Waals surface area contributed by atoms with Crippen LogP contribution in [0.25, 0.3) is 0 Å². The quantitative estimate of drug-likeness (QED) is 0.832. The number of anilines is 1. The van der Waals surface area contributed by atoms with E-state index < -0.39 is 0 Å². The molecule has 1 saturated heterocycles. The molecule has 2 rings (SSSR count). The topological polar surface area (TPSA) is 56.8 Å². The van der Waals surface area contributed by atoms with E-state index in [-0.39, 0.29) is 5.41 Å². The summed E-state index contributed by atoms with van der Waals surface area (Å²) in [7, 11) is 0. The Balaban J connectivity index is 2.12. The van der Waals surface area contributed by atoms with Gasteiger partial charge in [0.15, 0.2) is 0 Å². The number of hydrogen-bond acceptors (Lipinski definition) is 4. The van der Waals surface area contributed by atoms with Crippen molar-refractivity contribution in [2.45, 2.75) is 45.6 Å². The lowest BCUT2D eigenvalue weighted by molar-refractivity contribution is 0.471. The molecule has 1 aromatic rings. The molecule has 0 aliphatic carbocycles. The molecular formula is C12H23N5. The molecular weight excluding hydrogens is 214 g/mol. The number of nitrogens with zero attached hydrogens (tertiary/aromatic N) is 3. The van der Waals surface area contributed by atoms with Crippen molar-refractivity contribution in [1.82, 2.24) is 20.5 Å². The summed E-state index contributed by atoms with van der Waals surface area (Å²) in [6.45, 7) is 11.7. The van der Waals surface area contributed by atoms with Crippen molar-refractivity contribution < 1.29 is 0 Å². The van der Waals surface area contributed by atoms with E-state index in [9.17, 15) is 0 Å². The summed E-state index contributed by atoms with van der Waals surface area (Å²) in [6.07, 6.45) is 1.06. The van der Waals surface area contributed by atoms with Crippen LogP contribution < -0.4 is 10.2 Å². The van der Waals surface area contributed by atoms with Crippen LogP contribution in [0.5, 0.6) is 0 Å². The molecule has 0 amide bonds. The van der Waals surface area contributed by atoms with Crippen LogP contribution in [0.3, 0.4) is 0 Å². The molecule has 1 aromatic heterocycles. The minimum Gasteiger partial charge on any atom is -0.337 e. The van der Waals surface area contributed by atoms with Gasteiger partial charge in [0.25, 0.3) is 0 Å². The van der Waals surface area contributed by atoms with Crippen molar-refractivity contribution in [2.24, 2.45) is 0 Å². The summed E-state index contributed by atoms with van der Waals surface area (Å²) in [4.78, 5) is 6.89. The molecule has 0 aromatic carbocycles. The van der Waals surface area contributed by atoms with Crippen molar-refractivity contribution in [3.8, 4) is 0 Å². The van der Waals surface area contributed by atoms with Crippen LogP contribution in [0.4, 0.5) is 5.95 Å². The predicted molar refractivity (Wildman–Crippen MR) is 69.4 cm³/mol. The molecule has 5 nitrogen and oxygen atoms in total. The molecule has 1 aliphatic rings. The zero-order chi connectivity index (χ0) is 12.5. The fourth-order valence-corrected chi connectivity index (χ4v) is 1.98. The lowest BCUT2D eigenvalue weighted by Gasteiger charge is -2.30. The van der Waals surface area contributed by atoms with E-state index in [1.54, 1.807) is 0 Å². The first-order valence-corrected chi connectivity index (χ1v) is 6.44. The summed E-state index contributed by atoms with van der Waals surface area (Å²) >= 11 is 0. The number of rotatable bonds is 3. The van der Waals surface area contributed by atoms with Crippen LogP contribution >= 0.6 is 0 Å². The first-order chi connectivity index (χ1) is 8.03. The average molecular weight is 237 g/mol. The highest BCUT2D eigenvalue weighted by Gasteiger charge is 2.25. The number of aromatic nitrogens is 3. The molecule has 1 atom stereocenters. The van der Waals surface area contributed by atoms with Crippen LogP contribution in [0.15, 0.2) is 0 Å². The number of nitrogens with one attached hydrogen (secondary N) is 2. The molecule has 0 bridgehead atoms. The molecule has 2 N–H and O–H groups in total. The zero-order valence-electron chi connectivity index (χ0n) is 11.2. The van der Waals surface area contributed by atoms with Crippen LogP contribution in [0.1, 0.15) is 39.9 Å². The number of piperazine rings is 1. The van der Waals surface area contributed by atoms with Crippen molar-refractivity contribution in [1.29, 1.82) is 0 Å².